The van der Waals surface area contributed by atoms with Crippen molar-refractivity contribution in [3.63, 3.8) is 0 Å². The standard InChI is InChI=1S/C29H29ClN4O6/c1-17(18-7-5-4-6-8-18)34(31)29(37)19-9-10-22(30)24(14-19)33-28(36)21-13-20-15-26(40-12-11-38-2)25(39-3)16-23(20)32-27(21)35/h4-10,13-17H,11-12,31H2,1-3H3,(H,32,35)(H,33,36). The number of benzene rings is 3. The number of nitrogens with zero attached hydrogens (tertiary/aromatic N) is 1. The molecule has 0 aliphatic heterocycles. The van der Waals surface area contributed by atoms with Crippen LogP contribution in [-0.4, -0.2) is 49.2 Å². The van der Waals surface area contributed by atoms with Crippen molar-refractivity contribution in [3.8, 4) is 11.5 Å². The molecule has 2 amide bonds. The van der Waals surface area contributed by atoms with Gasteiger partial charge in [0.15, 0.2) is 11.5 Å². The number of anilines is 1. The van der Waals surface area contributed by atoms with Crippen LogP contribution in [0.2, 0.25) is 5.02 Å². The summed E-state index contributed by atoms with van der Waals surface area (Å²) in [5.41, 5.74) is 0.901. The van der Waals surface area contributed by atoms with Crippen LogP contribution in [-0.2, 0) is 4.74 Å². The van der Waals surface area contributed by atoms with Gasteiger partial charge in [-0.1, -0.05) is 41.9 Å². The van der Waals surface area contributed by atoms with Gasteiger partial charge >= 0.3 is 0 Å². The lowest BCUT2D eigenvalue weighted by atomic mass is 10.1. The normalized spacial score (nSPS) is 11.6. The van der Waals surface area contributed by atoms with Crippen molar-refractivity contribution in [1.82, 2.24) is 9.99 Å². The number of fused-ring (bicyclic) bond motifs is 1. The van der Waals surface area contributed by atoms with Crippen LogP contribution in [0.5, 0.6) is 11.5 Å². The van der Waals surface area contributed by atoms with E-state index in [0.29, 0.717) is 29.0 Å². The molecular weight excluding hydrogens is 536 g/mol. The van der Waals surface area contributed by atoms with Gasteiger partial charge in [0.25, 0.3) is 17.4 Å². The van der Waals surface area contributed by atoms with Crippen LogP contribution >= 0.6 is 11.6 Å². The number of hydrogen-bond acceptors (Lipinski definition) is 7. The third-order valence-corrected chi connectivity index (χ3v) is 6.64. The first-order chi connectivity index (χ1) is 19.2. The first-order valence-corrected chi connectivity index (χ1v) is 12.7. The van der Waals surface area contributed by atoms with Gasteiger partial charge in [0.1, 0.15) is 12.2 Å². The molecular formula is C29H29ClN4O6. The minimum absolute atomic E-state index is 0.149. The minimum Gasteiger partial charge on any atom is -0.493 e. The van der Waals surface area contributed by atoms with Crippen molar-refractivity contribution in [3.05, 3.63) is 98.8 Å². The van der Waals surface area contributed by atoms with Gasteiger partial charge in [0.05, 0.1) is 36.0 Å². The molecule has 0 saturated carbocycles. The highest BCUT2D eigenvalue weighted by atomic mass is 35.5. The number of halogens is 1. The fourth-order valence-electron chi connectivity index (χ4n) is 4.05. The third kappa shape index (κ3) is 6.26. The lowest BCUT2D eigenvalue weighted by molar-refractivity contribution is 0.0690. The predicted octanol–water partition coefficient (Wildman–Crippen LogP) is 4.54. The maximum atomic E-state index is 13.2. The minimum atomic E-state index is -0.713. The molecule has 1 atom stereocenters. The summed E-state index contributed by atoms with van der Waals surface area (Å²) in [4.78, 5) is 41.8. The van der Waals surface area contributed by atoms with Crippen molar-refractivity contribution in [2.75, 3.05) is 32.8 Å². The number of rotatable bonds is 10. The van der Waals surface area contributed by atoms with Gasteiger partial charge in [-0.15, -0.1) is 0 Å². The van der Waals surface area contributed by atoms with E-state index >= 15 is 0 Å². The second-order valence-electron chi connectivity index (χ2n) is 8.89. The summed E-state index contributed by atoms with van der Waals surface area (Å²) in [6.45, 7) is 2.46. The molecule has 4 N–H and O–H groups in total. The second-order valence-corrected chi connectivity index (χ2v) is 9.30. The third-order valence-electron chi connectivity index (χ3n) is 6.31. The van der Waals surface area contributed by atoms with Crippen molar-refractivity contribution in [2.45, 2.75) is 13.0 Å². The SMILES string of the molecule is COCCOc1cc2cc(C(=O)Nc3cc(C(=O)N(N)C(C)c4ccccc4)ccc3Cl)c(=O)[nH]c2cc1OC. The van der Waals surface area contributed by atoms with E-state index in [2.05, 4.69) is 10.3 Å². The topological polar surface area (TPSA) is 136 Å². The van der Waals surface area contributed by atoms with Crippen LogP contribution in [0, 0.1) is 0 Å². The Kier molecular flexibility index (Phi) is 9.05. The Hall–Kier alpha value is -4.38. The molecule has 0 aliphatic rings. The molecule has 0 bridgehead atoms. The molecule has 1 aromatic heterocycles. The Morgan fingerprint density at radius 1 is 1.02 bits per heavy atom. The van der Waals surface area contributed by atoms with E-state index in [4.69, 9.17) is 31.7 Å². The largest absolute Gasteiger partial charge is 0.493 e. The predicted molar refractivity (Wildman–Crippen MR) is 153 cm³/mol. The van der Waals surface area contributed by atoms with E-state index in [1.165, 1.54) is 31.4 Å². The maximum Gasteiger partial charge on any atom is 0.268 e. The van der Waals surface area contributed by atoms with Gasteiger partial charge in [-0.25, -0.2) is 5.84 Å². The Morgan fingerprint density at radius 2 is 1.77 bits per heavy atom. The summed E-state index contributed by atoms with van der Waals surface area (Å²) in [5, 5.41) is 4.47. The molecule has 0 spiro atoms. The first kappa shape index (κ1) is 28.6. The van der Waals surface area contributed by atoms with Gasteiger partial charge in [-0.2, -0.15) is 0 Å². The zero-order chi connectivity index (χ0) is 28.8. The zero-order valence-corrected chi connectivity index (χ0v) is 23.0. The number of hydrogen-bond donors (Lipinski definition) is 3. The number of aromatic amines is 1. The van der Waals surface area contributed by atoms with Gasteiger partial charge in [-0.05, 0) is 42.8 Å². The molecule has 1 unspecified atom stereocenters. The quantitative estimate of drug-likeness (QED) is 0.111. The molecule has 0 saturated heterocycles. The summed E-state index contributed by atoms with van der Waals surface area (Å²) in [6, 6.07) is 18.1. The lowest BCUT2D eigenvalue weighted by Gasteiger charge is -2.25. The summed E-state index contributed by atoms with van der Waals surface area (Å²) in [5.74, 6) is 5.80. The number of nitrogens with one attached hydrogen (secondary N) is 2. The van der Waals surface area contributed by atoms with Crippen molar-refractivity contribution < 1.29 is 23.8 Å². The van der Waals surface area contributed by atoms with Crippen molar-refractivity contribution in [2.24, 2.45) is 5.84 Å². The number of methoxy groups -OCH3 is 2. The molecule has 1 heterocycles. The van der Waals surface area contributed by atoms with Crippen LogP contribution in [0.4, 0.5) is 5.69 Å². The number of carbonyl (C=O) groups excluding carboxylic acids is 2. The van der Waals surface area contributed by atoms with Crippen LogP contribution in [0.1, 0.15) is 39.2 Å². The van der Waals surface area contributed by atoms with E-state index in [9.17, 15) is 14.4 Å². The van der Waals surface area contributed by atoms with E-state index in [1.54, 1.807) is 19.2 Å². The molecule has 0 radical (unpaired) electrons. The number of pyridine rings is 1. The van der Waals surface area contributed by atoms with Gasteiger partial charge < -0.3 is 24.5 Å². The van der Waals surface area contributed by atoms with Gasteiger partial charge in [-0.3, -0.25) is 19.4 Å². The molecule has 0 aliphatic carbocycles. The second kappa shape index (κ2) is 12.6. The average molecular weight is 565 g/mol. The highest BCUT2D eigenvalue weighted by Crippen LogP contribution is 2.32. The fraction of sp³-hybridized carbons (Fsp3) is 0.207. The molecule has 4 aromatic rings. The number of hydrazine groups is 1. The molecule has 208 valence electrons. The van der Waals surface area contributed by atoms with Crippen LogP contribution < -0.4 is 26.2 Å². The summed E-state index contributed by atoms with van der Waals surface area (Å²) >= 11 is 6.32. The summed E-state index contributed by atoms with van der Waals surface area (Å²) in [6.07, 6.45) is 0. The maximum absolute atomic E-state index is 13.2. The number of amides is 2. The van der Waals surface area contributed by atoms with Crippen molar-refractivity contribution in [1.29, 1.82) is 0 Å². The van der Waals surface area contributed by atoms with Gasteiger partial charge in [0.2, 0.25) is 0 Å². The number of ether oxygens (including phenoxy) is 3. The van der Waals surface area contributed by atoms with E-state index in [1.807, 2.05) is 37.3 Å². The van der Waals surface area contributed by atoms with Crippen LogP contribution in [0.15, 0.2) is 71.5 Å². The number of H-pyrrole nitrogens is 1. The number of nitrogens with two attached hydrogens (primary N) is 1. The zero-order valence-electron chi connectivity index (χ0n) is 22.2. The number of aromatic nitrogens is 1. The smallest absolute Gasteiger partial charge is 0.268 e. The highest BCUT2D eigenvalue weighted by molar-refractivity contribution is 6.34. The monoisotopic (exact) mass is 564 g/mol. The fourth-order valence-corrected chi connectivity index (χ4v) is 4.22. The molecule has 4 rings (SSSR count). The number of carbonyl (C=O) groups is 2. The first-order valence-electron chi connectivity index (χ1n) is 12.3. The lowest BCUT2D eigenvalue weighted by Crippen LogP contribution is -2.39. The molecule has 10 nitrogen and oxygen atoms in total. The van der Waals surface area contributed by atoms with E-state index in [-0.39, 0.29) is 28.4 Å². The molecule has 0 fully saturated rings. The highest BCUT2D eigenvalue weighted by Gasteiger charge is 2.22. The molecule has 40 heavy (non-hydrogen) atoms. The van der Waals surface area contributed by atoms with E-state index in [0.717, 1.165) is 10.6 Å². The summed E-state index contributed by atoms with van der Waals surface area (Å²) < 4.78 is 16.1. The van der Waals surface area contributed by atoms with Gasteiger partial charge in [0, 0.05) is 24.1 Å². The van der Waals surface area contributed by atoms with E-state index < -0.39 is 23.4 Å². The molecule has 3 aromatic carbocycles. The Labute approximate surface area is 235 Å². The molecule has 11 heteroatoms. The summed E-state index contributed by atoms with van der Waals surface area (Å²) in [7, 11) is 3.05. The van der Waals surface area contributed by atoms with Crippen LogP contribution in [0.3, 0.4) is 0 Å². The Morgan fingerprint density at radius 3 is 2.48 bits per heavy atom. The average Bonchev–Trinajstić information content (AvgIpc) is 2.97. The van der Waals surface area contributed by atoms with Crippen molar-refractivity contribution >= 4 is 40.0 Å². The van der Waals surface area contributed by atoms with Crippen LogP contribution in [0.25, 0.3) is 10.9 Å². The Balaban J connectivity index is 1.59. The Bertz CT molecular complexity index is 1590.